The lowest BCUT2D eigenvalue weighted by Crippen LogP contribution is -2.39. The van der Waals surface area contributed by atoms with Crippen LogP contribution in [0.1, 0.15) is 25.0 Å². The molecule has 0 aromatic carbocycles. The Bertz CT molecular complexity index is 498. The van der Waals surface area contributed by atoms with Crippen LogP contribution in [0.15, 0.2) is 12.3 Å². The van der Waals surface area contributed by atoms with Gasteiger partial charge in [0, 0.05) is 63.3 Å². The molecule has 0 radical (unpaired) electrons. The minimum atomic E-state index is 0.295. The van der Waals surface area contributed by atoms with Crippen molar-refractivity contribution < 1.29 is 4.79 Å². The fraction of sp³-hybridized carbons (Fsp3) is 0.750. The molecule has 3 heterocycles. The molecule has 122 valence electrons. The summed E-state index contributed by atoms with van der Waals surface area (Å²) in [5.41, 5.74) is 1.13. The first kappa shape index (κ1) is 15.9. The van der Waals surface area contributed by atoms with Crippen LogP contribution >= 0.6 is 11.8 Å². The quantitative estimate of drug-likeness (QED) is 0.840. The Morgan fingerprint density at radius 2 is 2.27 bits per heavy atom. The first-order valence-electron chi connectivity index (χ1n) is 8.30. The number of aromatic nitrogens is 2. The molecule has 2 saturated heterocycles. The van der Waals surface area contributed by atoms with E-state index in [1.165, 1.54) is 17.9 Å². The van der Waals surface area contributed by atoms with E-state index >= 15 is 0 Å². The van der Waals surface area contributed by atoms with Crippen LogP contribution in [0.5, 0.6) is 0 Å². The van der Waals surface area contributed by atoms with Crippen LogP contribution in [0.25, 0.3) is 0 Å². The molecule has 0 aliphatic carbocycles. The lowest BCUT2D eigenvalue weighted by atomic mass is 10.2. The van der Waals surface area contributed by atoms with E-state index in [1.807, 2.05) is 17.8 Å². The number of aryl methyl sites for hydroxylation is 2. The van der Waals surface area contributed by atoms with Crippen molar-refractivity contribution in [2.75, 3.05) is 37.7 Å². The Balaban J connectivity index is 1.47. The van der Waals surface area contributed by atoms with Gasteiger partial charge in [0.15, 0.2) is 0 Å². The van der Waals surface area contributed by atoms with Gasteiger partial charge < -0.3 is 4.90 Å². The molecule has 1 aromatic rings. The number of carbonyl (C=O) groups is 1. The summed E-state index contributed by atoms with van der Waals surface area (Å²) in [7, 11) is 1.93. The third-order valence-electron chi connectivity index (χ3n) is 4.82. The average molecular weight is 322 g/mol. The zero-order valence-corrected chi connectivity index (χ0v) is 14.2. The first-order valence-corrected chi connectivity index (χ1v) is 9.46. The minimum absolute atomic E-state index is 0.295. The average Bonchev–Trinajstić information content (AvgIpc) is 3.12. The van der Waals surface area contributed by atoms with Crippen LogP contribution in [0.2, 0.25) is 0 Å². The van der Waals surface area contributed by atoms with Gasteiger partial charge in [-0.05, 0) is 31.1 Å². The van der Waals surface area contributed by atoms with Gasteiger partial charge in [0.2, 0.25) is 5.91 Å². The van der Waals surface area contributed by atoms with Gasteiger partial charge >= 0.3 is 0 Å². The highest BCUT2D eigenvalue weighted by Gasteiger charge is 2.26. The standard InChI is InChI=1S/C16H26N4OS/c1-18-14(5-7-17-18)3-4-16(21)20-9-2-8-19(10-11-20)15-6-12-22-13-15/h5,7,15H,2-4,6,8-13H2,1H3. The molecular formula is C16H26N4OS. The number of thioether (sulfide) groups is 1. The Morgan fingerprint density at radius 3 is 3.00 bits per heavy atom. The Morgan fingerprint density at radius 1 is 1.36 bits per heavy atom. The Kier molecular flexibility index (Phi) is 5.41. The molecule has 6 heteroatoms. The summed E-state index contributed by atoms with van der Waals surface area (Å²) < 4.78 is 1.86. The number of amides is 1. The molecule has 2 aliphatic rings. The Hall–Kier alpha value is -1.01. The maximum absolute atomic E-state index is 12.5. The molecule has 0 saturated carbocycles. The Labute approximate surface area is 137 Å². The van der Waals surface area contributed by atoms with Crippen molar-refractivity contribution in [1.82, 2.24) is 19.6 Å². The van der Waals surface area contributed by atoms with Crippen molar-refractivity contribution in [1.29, 1.82) is 0 Å². The fourth-order valence-electron chi connectivity index (χ4n) is 3.40. The molecule has 22 heavy (non-hydrogen) atoms. The highest BCUT2D eigenvalue weighted by Crippen LogP contribution is 2.23. The van der Waals surface area contributed by atoms with Gasteiger partial charge in [0.05, 0.1) is 0 Å². The van der Waals surface area contributed by atoms with Gasteiger partial charge in [-0.3, -0.25) is 14.4 Å². The van der Waals surface area contributed by atoms with E-state index in [0.29, 0.717) is 12.3 Å². The summed E-state index contributed by atoms with van der Waals surface area (Å²) >= 11 is 2.07. The maximum atomic E-state index is 12.5. The van der Waals surface area contributed by atoms with Crippen molar-refractivity contribution in [2.45, 2.75) is 31.7 Å². The van der Waals surface area contributed by atoms with Crippen LogP contribution in [0.3, 0.4) is 0 Å². The number of hydrogen-bond acceptors (Lipinski definition) is 4. The second-order valence-corrected chi connectivity index (χ2v) is 7.38. The van der Waals surface area contributed by atoms with Crippen LogP contribution < -0.4 is 0 Å². The number of hydrogen-bond donors (Lipinski definition) is 0. The summed E-state index contributed by atoms with van der Waals surface area (Å²) in [6.45, 7) is 4.01. The monoisotopic (exact) mass is 322 g/mol. The zero-order valence-electron chi connectivity index (χ0n) is 13.4. The van der Waals surface area contributed by atoms with Crippen molar-refractivity contribution >= 4 is 17.7 Å². The largest absolute Gasteiger partial charge is 0.341 e. The maximum Gasteiger partial charge on any atom is 0.223 e. The third-order valence-corrected chi connectivity index (χ3v) is 5.97. The first-order chi connectivity index (χ1) is 10.7. The van der Waals surface area contributed by atoms with Crippen molar-refractivity contribution in [3.05, 3.63) is 18.0 Å². The molecule has 0 bridgehead atoms. The van der Waals surface area contributed by atoms with Gasteiger partial charge in [0.1, 0.15) is 0 Å². The normalized spacial score (nSPS) is 23.7. The van der Waals surface area contributed by atoms with Gasteiger partial charge in [0.25, 0.3) is 0 Å². The molecule has 5 nitrogen and oxygen atoms in total. The van der Waals surface area contributed by atoms with Gasteiger partial charge in [-0.15, -0.1) is 0 Å². The molecule has 1 aromatic heterocycles. The highest BCUT2D eigenvalue weighted by molar-refractivity contribution is 7.99. The summed E-state index contributed by atoms with van der Waals surface area (Å²) in [4.78, 5) is 17.1. The fourth-order valence-corrected chi connectivity index (χ4v) is 4.66. The highest BCUT2D eigenvalue weighted by atomic mass is 32.2. The van der Waals surface area contributed by atoms with E-state index in [0.717, 1.165) is 50.8 Å². The third kappa shape index (κ3) is 3.84. The summed E-state index contributed by atoms with van der Waals surface area (Å²) in [6.07, 6.45) is 5.61. The molecule has 1 unspecified atom stereocenters. The van der Waals surface area contributed by atoms with Crippen LogP contribution in [-0.4, -0.2) is 69.2 Å². The molecule has 0 N–H and O–H groups in total. The minimum Gasteiger partial charge on any atom is -0.341 e. The van der Waals surface area contributed by atoms with Crippen LogP contribution in [-0.2, 0) is 18.3 Å². The lowest BCUT2D eigenvalue weighted by molar-refractivity contribution is -0.131. The molecule has 0 spiro atoms. The lowest BCUT2D eigenvalue weighted by Gasteiger charge is -2.26. The van der Waals surface area contributed by atoms with E-state index in [4.69, 9.17) is 0 Å². The summed E-state index contributed by atoms with van der Waals surface area (Å²) in [5.74, 6) is 2.87. The molecular weight excluding hydrogens is 296 g/mol. The molecule has 3 rings (SSSR count). The van der Waals surface area contributed by atoms with Crippen LogP contribution in [0, 0.1) is 0 Å². The van der Waals surface area contributed by atoms with Crippen molar-refractivity contribution in [3.63, 3.8) is 0 Å². The molecule has 2 aliphatic heterocycles. The second-order valence-electron chi connectivity index (χ2n) is 6.23. The SMILES string of the molecule is Cn1nccc1CCC(=O)N1CCCN(C2CCSC2)CC1. The molecule has 1 atom stereocenters. The molecule has 1 amide bonds. The zero-order chi connectivity index (χ0) is 15.4. The van der Waals surface area contributed by atoms with Gasteiger partial charge in [-0.25, -0.2) is 0 Å². The van der Waals surface area contributed by atoms with E-state index in [2.05, 4.69) is 26.7 Å². The molecule has 2 fully saturated rings. The topological polar surface area (TPSA) is 41.4 Å². The van der Waals surface area contributed by atoms with Crippen molar-refractivity contribution in [2.24, 2.45) is 7.05 Å². The van der Waals surface area contributed by atoms with Gasteiger partial charge in [-0.1, -0.05) is 0 Å². The summed E-state index contributed by atoms with van der Waals surface area (Å²) in [6, 6.07) is 2.74. The van der Waals surface area contributed by atoms with E-state index < -0.39 is 0 Å². The van der Waals surface area contributed by atoms with Crippen LogP contribution in [0.4, 0.5) is 0 Å². The number of rotatable bonds is 4. The predicted octanol–water partition coefficient (Wildman–Crippen LogP) is 1.39. The van der Waals surface area contributed by atoms with E-state index in [9.17, 15) is 4.79 Å². The van der Waals surface area contributed by atoms with E-state index in [1.54, 1.807) is 6.20 Å². The van der Waals surface area contributed by atoms with Gasteiger partial charge in [-0.2, -0.15) is 16.9 Å². The van der Waals surface area contributed by atoms with Crippen molar-refractivity contribution in [3.8, 4) is 0 Å². The number of nitrogens with zero attached hydrogens (tertiary/aromatic N) is 4. The number of carbonyl (C=O) groups excluding carboxylic acids is 1. The summed E-state index contributed by atoms with van der Waals surface area (Å²) in [5, 5.41) is 4.16. The second kappa shape index (κ2) is 7.51. The predicted molar refractivity (Wildman–Crippen MR) is 90.0 cm³/mol. The smallest absolute Gasteiger partial charge is 0.223 e. The van der Waals surface area contributed by atoms with E-state index in [-0.39, 0.29) is 0 Å².